The molecule has 0 heterocycles. The Balaban J connectivity index is 2.59. The SMILES string of the molecule is CO[C@@H](Cc1ccc(F)c(F)c1)C(=O)NC/C=C/CN. The Hall–Kier alpha value is -1.79. The third kappa shape index (κ3) is 5.07. The lowest BCUT2D eigenvalue weighted by Crippen LogP contribution is -2.37. The second-order valence-electron chi connectivity index (χ2n) is 4.13. The minimum absolute atomic E-state index is 0.167. The van der Waals surface area contributed by atoms with Crippen molar-refractivity contribution in [2.45, 2.75) is 12.5 Å². The summed E-state index contributed by atoms with van der Waals surface area (Å²) in [4.78, 5) is 11.8. The summed E-state index contributed by atoms with van der Waals surface area (Å²) in [7, 11) is 1.39. The van der Waals surface area contributed by atoms with Gasteiger partial charge in [-0.05, 0) is 17.7 Å². The van der Waals surface area contributed by atoms with Crippen LogP contribution in [0.5, 0.6) is 0 Å². The highest BCUT2D eigenvalue weighted by Crippen LogP contribution is 2.11. The van der Waals surface area contributed by atoms with Crippen LogP contribution in [0.15, 0.2) is 30.4 Å². The number of halogens is 2. The number of methoxy groups -OCH3 is 1. The number of rotatable bonds is 7. The van der Waals surface area contributed by atoms with Gasteiger partial charge in [-0.2, -0.15) is 0 Å². The quantitative estimate of drug-likeness (QED) is 0.738. The fourth-order valence-electron chi connectivity index (χ4n) is 1.62. The lowest BCUT2D eigenvalue weighted by Gasteiger charge is -2.14. The van der Waals surface area contributed by atoms with Crippen molar-refractivity contribution in [2.75, 3.05) is 20.2 Å². The van der Waals surface area contributed by atoms with Crippen molar-refractivity contribution in [3.8, 4) is 0 Å². The van der Waals surface area contributed by atoms with Crippen molar-refractivity contribution >= 4 is 5.91 Å². The maximum atomic E-state index is 13.1. The van der Waals surface area contributed by atoms with Crippen LogP contribution in [0, 0.1) is 11.6 Å². The predicted molar refractivity (Wildman–Crippen MR) is 72.1 cm³/mol. The lowest BCUT2D eigenvalue weighted by atomic mass is 10.1. The molecule has 1 amide bonds. The van der Waals surface area contributed by atoms with Crippen molar-refractivity contribution in [3.63, 3.8) is 0 Å². The van der Waals surface area contributed by atoms with E-state index in [1.165, 1.54) is 13.2 Å². The number of amides is 1. The van der Waals surface area contributed by atoms with Gasteiger partial charge in [0.15, 0.2) is 11.6 Å². The Kier molecular flexibility index (Phi) is 6.83. The summed E-state index contributed by atoms with van der Waals surface area (Å²) in [5.74, 6) is -2.18. The van der Waals surface area contributed by atoms with Gasteiger partial charge >= 0.3 is 0 Å². The fourth-order valence-corrected chi connectivity index (χ4v) is 1.62. The van der Waals surface area contributed by atoms with E-state index < -0.39 is 17.7 Å². The second kappa shape index (κ2) is 8.39. The standard InChI is InChI=1S/C14H18F2N2O2/c1-20-13(14(19)18-7-3-2-6-17)9-10-4-5-11(15)12(16)8-10/h2-5,8,13H,6-7,9,17H2,1H3,(H,18,19)/b3-2+/t13-/m0/s1. The summed E-state index contributed by atoms with van der Waals surface area (Å²) in [5.41, 5.74) is 5.76. The topological polar surface area (TPSA) is 64.3 Å². The van der Waals surface area contributed by atoms with Gasteiger partial charge in [-0.25, -0.2) is 8.78 Å². The molecule has 1 aromatic carbocycles. The van der Waals surface area contributed by atoms with E-state index in [9.17, 15) is 13.6 Å². The van der Waals surface area contributed by atoms with E-state index in [0.29, 0.717) is 18.7 Å². The van der Waals surface area contributed by atoms with Gasteiger partial charge in [0.05, 0.1) is 0 Å². The first-order valence-electron chi connectivity index (χ1n) is 6.18. The molecular weight excluding hydrogens is 266 g/mol. The highest BCUT2D eigenvalue weighted by molar-refractivity contribution is 5.81. The number of nitrogens with two attached hydrogens (primary N) is 1. The minimum Gasteiger partial charge on any atom is -0.371 e. The van der Waals surface area contributed by atoms with E-state index in [1.807, 2.05) is 0 Å². The molecule has 0 saturated heterocycles. The summed E-state index contributed by atoms with van der Waals surface area (Å²) in [6, 6.07) is 3.51. The second-order valence-corrected chi connectivity index (χ2v) is 4.13. The van der Waals surface area contributed by atoms with Gasteiger partial charge in [0.2, 0.25) is 5.91 Å². The normalized spacial score (nSPS) is 12.6. The Morgan fingerprint density at radius 1 is 1.40 bits per heavy atom. The van der Waals surface area contributed by atoms with Gasteiger partial charge in [-0.1, -0.05) is 18.2 Å². The number of nitrogens with one attached hydrogen (secondary N) is 1. The molecule has 0 fully saturated rings. The van der Waals surface area contributed by atoms with Crippen molar-refractivity contribution in [3.05, 3.63) is 47.5 Å². The van der Waals surface area contributed by atoms with Crippen LogP contribution in [0.2, 0.25) is 0 Å². The molecule has 0 aromatic heterocycles. The molecule has 0 spiro atoms. The van der Waals surface area contributed by atoms with E-state index in [1.54, 1.807) is 12.2 Å². The largest absolute Gasteiger partial charge is 0.371 e. The maximum Gasteiger partial charge on any atom is 0.249 e. The number of carbonyl (C=O) groups excluding carboxylic acids is 1. The third-order valence-corrected chi connectivity index (χ3v) is 2.68. The number of benzene rings is 1. The van der Waals surface area contributed by atoms with Crippen LogP contribution in [0.4, 0.5) is 8.78 Å². The van der Waals surface area contributed by atoms with E-state index in [0.717, 1.165) is 12.1 Å². The molecule has 0 bridgehead atoms. The Morgan fingerprint density at radius 3 is 2.75 bits per heavy atom. The Labute approximate surface area is 116 Å². The number of hydrogen-bond acceptors (Lipinski definition) is 3. The van der Waals surface area contributed by atoms with Crippen molar-refractivity contribution in [2.24, 2.45) is 5.73 Å². The van der Waals surface area contributed by atoms with Gasteiger partial charge in [0, 0.05) is 26.6 Å². The Bertz CT molecular complexity index is 478. The number of carbonyl (C=O) groups is 1. The van der Waals surface area contributed by atoms with Gasteiger partial charge in [-0.15, -0.1) is 0 Å². The molecule has 1 atom stereocenters. The molecule has 0 saturated carbocycles. The van der Waals surface area contributed by atoms with Crippen LogP contribution in [0.25, 0.3) is 0 Å². The summed E-state index contributed by atoms with van der Waals surface area (Å²) >= 11 is 0. The molecule has 1 aromatic rings. The molecular formula is C14H18F2N2O2. The van der Waals surface area contributed by atoms with Gasteiger partial charge in [0.25, 0.3) is 0 Å². The van der Waals surface area contributed by atoms with Crippen LogP contribution in [-0.2, 0) is 16.0 Å². The smallest absolute Gasteiger partial charge is 0.249 e. The van der Waals surface area contributed by atoms with Crippen molar-refractivity contribution < 1.29 is 18.3 Å². The van der Waals surface area contributed by atoms with Gasteiger partial charge < -0.3 is 15.8 Å². The van der Waals surface area contributed by atoms with E-state index in [-0.39, 0.29) is 12.3 Å². The highest BCUT2D eigenvalue weighted by Gasteiger charge is 2.18. The van der Waals surface area contributed by atoms with Crippen molar-refractivity contribution in [1.82, 2.24) is 5.32 Å². The number of hydrogen-bond donors (Lipinski definition) is 2. The monoisotopic (exact) mass is 284 g/mol. The van der Waals surface area contributed by atoms with Crippen LogP contribution < -0.4 is 11.1 Å². The van der Waals surface area contributed by atoms with E-state index in [4.69, 9.17) is 10.5 Å². The first-order chi connectivity index (χ1) is 9.58. The molecule has 0 aliphatic heterocycles. The summed E-state index contributed by atoms with van der Waals surface area (Å²) in [6.07, 6.45) is 2.85. The zero-order valence-electron chi connectivity index (χ0n) is 11.2. The lowest BCUT2D eigenvalue weighted by molar-refractivity contribution is -0.130. The van der Waals surface area contributed by atoms with Gasteiger partial charge in [0.1, 0.15) is 6.10 Å². The van der Waals surface area contributed by atoms with E-state index in [2.05, 4.69) is 5.32 Å². The van der Waals surface area contributed by atoms with Crippen LogP contribution in [-0.4, -0.2) is 32.2 Å². The molecule has 0 aliphatic carbocycles. The van der Waals surface area contributed by atoms with Crippen molar-refractivity contribution in [1.29, 1.82) is 0 Å². The third-order valence-electron chi connectivity index (χ3n) is 2.68. The average Bonchev–Trinajstić information content (AvgIpc) is 2.44. The van der Waals surface area contributed by atoms with Crippen LogP contribution in [0.1, 0.15) is 5.56 Å². The molecule has 110 valence electrons. The molecule has 4 nitrogen and oxygen atoms in total. The zero-order valence-corrected chi connectivity index (χ0v) is 11.2. The summed E-state index contributed by atoms with van der Waals surface area (Å²) in [6.45, 7) is 0.742. The summed E-state index contributed by atoms with van der Waals surface area (Å²) in [5, 5.41) is 2.64. The zero-order chi connectivity index (χ0) is 15.0. The first-order valence-corrected chi connectivity index (χ1v) is 6.18. The average molecular weight is 284 g/mol. The summed E-state index contributed by atoms with van der Waals surface area (Å²) < 4.78 is 31.0. The minimum atomic E-state index is -0.941. The molecule has 3 N–H and O–H groups in total. The Morgan fingerprint density at radius 2 is 2.15 bits per heavy atom. The highest BCUT2D eigenvalue weighted by atomic mass is 19.2. The molecule has 6 heteroatoms. The predicted octanol–water partition coefficient (Wildman–Crippen LogP) is 1.15. The number of ether oxygens (including phenoxy) is 1. The molecule has 0 aliphatic rings. The molecule has 1 rings (SSSR count). The fraction of sp³-hybridized carbons (Fsp3) is 0.357. The maximum absolute atomic E-state index is 13.1. The first kappa shape index (κ1) is 16.3. The van der Waals surface area contributed by atoms with Crippen LogP contribution in [0.3, 0.4) is 0 Å². The molecule has 0 unspecified atom stereocenters. The van der Waals surface area contributed by atoms with E-state index >= 15 is 0 Å². The molecule has 0 radical (unpaired) electrons. The van der Waals surface area contributed by atoms with Crippen LogP contribution >= 0.6 is 0 Å². The molecule has 20 heavy (non-hydrogen) atoms. The van der Waals surface area contributed by atoms with Gasteiger partial charge in [-0.3, -0.25) is 4.79 Å².